The number of aryl methyl sites for hydroxylation is 1. The Balaban J connectivity index is 1.76. The van der Waals surface area contributed by atoms with E-state index in [0.29, 0.717) is 22.1 Å². The molecule has 0 fully saturated rings. The number of fused-ring (bicyclic) bond motifs is 1. The van der Waals surface area contributed by atoms with Gasteiger partial charge in [-0.3, -0.25) is 9.10 Å². The van der Waals surface area contributed by atoms with Crippen LogP contribution in [0.15, 0.2) is 42.5 Å². The first kappa shape index (κ1) is 20.5. The molecule has 0 spiro atoms. The maximum Gasteiger partial charge on any atom is 0.267 e. The molecule has 28 heavy (non-hydrogen) atoms. The van der Waals surface area contributed by atoms with Crippen molar-refractivity contribution < 1.29 is 17.9 Å². The summed E-state index contributed by atoms with van der Waals surface area (Å²) in [6.07, 6.45) is 3.36. The number of hydrogen-bond acceptors (Lipinski definition) is 4. The second-order valence-corrected chi connectivity index (χ2v) is 9.15. The molecule has 2 aromatic carbocycles. The van der Waals surface area contributed by atoms with Crippen molar-refractivity contribution in [2.24, 2.45) is 0 Å². The number of anilines is 2. The predicted octanol–water partition coefficient (Wildman–Crippen LogP) is 3.85. The van der Waals surface area contributed by atoms with Crippen LogP contribution in [0.4, 0.5) is 11.4 Å². The zero-order valence-electron chi connectivity index (χ0n) is 15.8. The van der Waals surface area contributed by atoms with E-state index < -0.39 is 22.0 Å². The lowest BCUT2D eigenvalue weighted by Gasteiger charge is -2.34. The van der Waals surface area contributed by atoms with Gasteiger partial charge in [-0.1, -0.05) is 37.1 Å². The van der Waals surface area contributed by atoms with Crippen LogP contribution in [0.3, 0.4) is 0 Å². The second-order valence-electron chi connectivity index (χ2n) is 6.80. The summed E-state index contributed by atoms with van der Waals surface area (Å²) in [5, 5.41) is 3.19. The van der Waals surface area contributed by atoms with E-state index in [0.717, 1.165) is 29.8 Å². The number of unbranched alkanes of at least 4 members (excludes halogenated alkanes) is 1. The molecule has 1 heterocycles. The van der Waals surface area contributed by atoms with Crippen molar-refractivity contribution in [1.82, 2.24) is 0 Å². The van der Waals surface area contributed by atoms with Crippen molar-refractivity contribution in [3.05, 3.63) is 53.1 Å². The lowest BCUT2D eigenvalue weighted by Crippen LogP contribution is -2.48. The molecule has 0 unspecified atom stereocenters. The van der Waals surface area contributed by atoms with E-state index in [9.17, 15) is 13.2 Å². The second kappa shape index (κ2) is 8.41. The Bertz CT molecular complexity index is 961. The van der Waals surface area contributed by atoms with Crippen molar-refractivity contribution >= 4 is 38.9 Å². The summed E-state index contributed by atoms with van der Waals surface area (Å²) in [5.41, 5.74) is 2.18. The van der Waals surface area contributed by atoms with Crippen LogP contribution in [0.1, 0.15) is 25.3 Å². The maximum absolute atomic E-state index is 12.7. The standard InChI is InChI=1S/C20H23ClN2O4S/c1-3-4-5-14-6-9-16(10-7-14)22-20(24)19-13-23(28(2,25)26)17-12-15(21)8-11-18(17)27-19/h6-12,19H,3-5,13H2,1-2H3,(H,22,24)/t19-/m0/s1. The van der Waals surface area contributed by atoms with E-state index in [1.54, 1.807) is 12.1 Å². The van der Waals surface area contributed by atoms with E-state index in [2.05, 4.69) is 12.2 Å². The van der Waals surface area contributed by atoms with Crippen molar-refractivity contribution in [2.75, 3.05) is 22.4 Å². The monoisotopic (exact) mass is 422 g/mol. The molecule has 1 aliphatic rings. The summed E-state index contributed by atoms with van der Waals surface area (Å²) in [7, 11) is -3.60. The van der Waals surface area contributed by atoms with Crippen LogP contribution in [0.25, 0.3) is 0 Å². The number of sulfonamides is 1. The van der Waals surface area contributed by atoms with Gasteiger partial charge in [-0.05, 0) is 48.7 Å². The molecule has 1 atom stereocenters. The number of carbonyl (C=O) groups excluding carboxylic acids is 1. The average Bonchev–Trinajstić information content (AvgIpc) is 2.65. The van der Waals surface area contributed by atoms with Gasteiger partial charge >= 0.3 is 0 Å². The van der Waals surface area contributed by atoms with Crippen molar-refractivity contribution in [3.63, 3.8) is 0 Å². The number of halogens is 1. The normalized spacial score (nSPS) is 16.2. The highest BCUT2D eigenvalue weighted by Gasteiger charge is 2.35. The van der Waals surface area contributed by atoms with Crippen LogP contribution < -0.4 is 14.4 Å². The Morgan fingerprint density at radius 1 is 1.25 bits per heavy atom. The number of carbonyl (C=O) groups is 1. The third kappa shape index (κ3) is 4.77. The zero-order valence-corrected chi connectivity index (χ0v) is 17.4. The Morgan fingerprint density at radius 3 is 2.61 bits per heavy atom. The van der Waals surface area contributed by atoms with Gasteiger partial charge in [0.25, 0.3) is 5.91 Å². The van der Waals surface area contributed by atoms with Crippen molar-refractivity contribution in [1.29, 1.82) is 0 Å². The molecule has 150 valence electrons. The number of amides is 1. The number of ether oxygens (including phenoxy) is 1. The van der Waals surface area contributed by atoms with E-state index in [-0.39, 0.29) is 6.54 Å². The van der Waals surface area contributed by atoms with Crippen LogP contribution in [-0.2, 0) is 21.2 Å². The summed E-state index contributed by atoms with van der Waals surface area (Å²) in [5.74, 6) is -0.105. The minimum Gasteiger partial charge on any atom is -0.476 e. The SMILES string of the molecule is CCCCc1ccc(NC(=O)[C@@H]2CN(S(C)(=O)=O)c3cc(Cl)ccc3O2)cc1. The van der Waals surface area contributed by atoms with Crippen LogP contribution in [0.5, 0.6) is 5.75 Å². The highest BCUT2D eigenvalue weighted by atomic mass is 35.5. The molecular formula is C20H23ClN2O4S. The smallest absolute Gasteiger partial charge is 0.267 e. The van der Waals surface area contributed by atoms with E-state index in [4.69, 9.17) is 16.3 Å². The lowest BCUT2D eigenvalue weighted by atomic mass is 10.1. The van der Waals surface area contributed by atoms with E-state index in [1.807, 2.05) is 24.3 Å². The van der Waals surface area contributed by atoms with E-state index in [1.165, 1.54) is 11.6 Å². The maximum atomic E-state index is 12.7. The quantitative estimate of drug-likeness (QED) is 0.767. The van der Waals surface area contributed by atoms with E-state index >= 15 is 0 Å². The third-order valence-electron chi connectivity index (χ3n) is 4.52. The summed E-state index contributed by atoms with van der Waals surface area (Å²) in [6.45, 7) is 2.03. The van der Waals surface area contributed by atoms with Crippen LogP contribution in [0.2, 0.25) is 5.02 Å². The fourth-order valence-electron chi connectivity index (χ4n) is 3.03. The van der Waals surface area contributed by atoms with Crippen molar-refractivity contribution in [2.45, 2.75) is 32.3 Å². The first-order valence-electron chi connectivity index (χ1n) is 9.11. The Kier molecular flexibility index (Phi) is 6.15. The van der Waals surface area contributed by atoms with Crippen molar-refractivity contribution in [3.8, 4) is 5.75 Å². The molecule has 0 saturated carbocycles. The Morgan fingerprint density at radius 2 is 1.96 bits per heavy atom. The molecule has 3 rings (SSSR count). The fraction of sp³-hybridized carbons (Fsp3) is 0.350. The van der Waals surface area contributed by atoms with Gasteiger partial charge < -0.3 is 10.1 Å². The van der Waals surface area contributed by atoms with Crippen LogP contribution in [0, 0.1) is 0 Å². The van der Waals surface area contributed by atoms with Crippen LogP contribution >= 0.6 is 11.6 Å². The van der Waals surface area contributed by atoms with Gasteiger partial charge in [0.15, 0.2) is 6.10 Å². The Labute approximate surface area is 170 Å². The molecule has 1 N–H and O–H groups in total. The third-order valence-corrected chi connectivity index (χ3v) is 5.91. The van der Waals surface area contributed by atoms with Gasteiger partial charge in [-0.2, -0.15) is 0 Å². The lowest BCUT2D eigenvalue weighted by molar-refractivity contribution is -0.122. The van der Waals surface area contributed by atoms with Gasteiger partial charge in [-0.25, -0.2) is 8.42 Å². The number of hydrogen-bond donors (Lipinski definition) is 1. The molecule has 0 saturated heterocycles. The first-order chi connectivity index (χ1) is 13.3. The topological polar surface area (TPSA) is 75.7 Å². The number of nitrogens with one attached hydrogen (secondary N) is 1. The van der Waals surface area contributed by atoms with Gasteiger partial charge in [0.1, 0.15) is 5.75 Å². The predicted molar refractivity (Wildman–Crippen MR) is 112 cm³/mol. The fourth-order valence-corrected chi connectivity index (χ4v) is 4.11. The molecule has 2 aromatic rings. The molecule has 6 nitrogen and oxygen atoms in total. The molecule has 0 aliphatic carbocycles. The van der Waals surface area contributed by atoms with Gasteiger partial charge in [-0.15, -0.1) is 0 Å². The van der Waals surface area contributed by atoms with Gasteiger partial charge in [0.2, 0.25) is 10.0 Å². The highest BCUT2D eigenvalue weighted by molar-refractivity contribution is 7.92. The molecule has 0 radical (unpaired) electrons. The molecule has 1 aliphatic heterocycles. The Hall–Kier alpha value is -2.25. The van der Waals surface area contributed by atoms with Gasteiger partial charge in [0.05, 0.1) is 18.5 Å². The number of benzene rings is 2. The van der Waals surface area contributed by atoms with Crippen LogP contribution in [-0.4, -0.2) is 33.2 Å². The minimum atomic E-state index is -3.60. The number of nitrogens with zero attached hydrogens (tertiary/aromatic N) is 1. The molecule has 0 bridgehead atoms. The first-order valence-corrected chi connectivity index (χ1v) is 11.3. The summed E-state index contributed by atoms with van der Waals surface area (Å²) in [4.78, 5) is 12.7. The summed E-state index contributed by atoms with van der Waals surface area (Å²) >= 11 is 5.99. The summed E-state index contributed by atoms with van der Waals surface area (Å²) in [6, 6.07) is 12.3. The average molecular weight is 423 g/mol. The van der Waals surface area contributed by atoms with Gasteiger partial charge in [0, 0.05) is 10.7 Å². The molecule has 8 heteroatoms. The minimum absolute atomic E-state index is 0.118. The highest BCUT2D eigenvalue weighted by Crippen LogP contribution is 2.37. The largest absolute Gasteiger partial charge is 0.476 e. The molecular weight excluding hydrogens is 400 g/mol. The molecule has 0 aromatic heterocycles. The zero-order chi connectivity index (χ0) is 20.3. The molecule has 1 amide bonds. The number of rotatable bonds is 6. The summed E-state index contributed by atoms with van der Waals surface area (Å²) < 4.78 is 31.3.